The average Bonchev–Trinajstić information content (AvgIpc) is 3.25. The lowest BCUT2D eigenvalue weighted by Crippen LogP contribution is -2.54. The fraction of sp³-hybridized carbons (Fsp3) is 0.750. The van der Waals surface area contributed by atoms with Gasteiger partial charge in [0.15, 0.2) is 0 Å². The zero-order valence-electron chi connectivity index (χ0n) is 13.5. The summed E-state index contributed by atoms with van der Waals surface area (Å²) in [4.78, 5) is 22.6. The lowest BCUT2D eigenvalue weighted by Gasteiger charge is -2.37. The van der Waals surface area contributed by atoms with Crippen molar-refractivity contribution in [3.8, 4) is 0 Å². The van der Waals surface area contributed by atoms with Gasteiger partial charge < -0.3 is 10.2 Å². The molecule has 5 nitrogen and oxygen atoms in total. The monoisotopic (exact) mass is 322 g/mol. The summed E-state index contributed by atoms with van der Waals surface area (Å²) in [7, 11) is 0. The number of amides is 1. The third-order valence-electron chi connectivity index (χ3n) is 4.76. The minimum absolute atomic E-state index is 0.00601. The van der Waals surface area contributed by atoms with Crippen LogP contribution < -0.4 is 5.32 Å². The SMILES string of the molecule is Cc1ncsc1CCN1CCN([C@H](C)C(=O)NC2CC2)CC1. The van der Waals surface area contributed by atoms with E-state index in [0.717, 1.165) is 52.0 Å². The number of nitrogens with zero attached hydrogens (tertiary/aromatic N) is 3. The summed E-state index contributed by atoms with van der Waals surface area (Å²) in [5.41, 5.74) is 3.11. The Hall–Kier alpha value is -0.980. The molecule has 2 aliphatic rings. The molecule has 0 bridgehead atoms. The highest BCUT2D eigenvalue weighted by molar-refractivity contribution is 7.09. The predicted octanol–water partition coefficient (Wildman–Crippen LogP) is 1.28. The molecular weight excluding hydrogens is 296 g/mol. The molecule has 122 valence electrons. The summed E-state index contributed by atoms with van der Waals surface area (Å²) < 4.78 is 0. The number of piperazine rings is 1. The normalized spacial score (nSPS) is 21.7. The van der Waals surface area contributed by atoms with Crippen LogP contribution >= 0.6 is 11.3 Å². The van der Waals surface area contributed by atoms with Gasteiger partial charge in [-0.05, 0) is 33.1 Å². The molecule has 0 unspecified atom stereocenters. The molecule has 0 aromatic carbocycles. The number of carbonyl (C=O) groups is 1. The molecule has 6 heteroatoms. The van der Waals surface area contributed by atoms with Crippen molar-refractivity contribution in [2.45, 2.75) is 45.2 Å². The van der Waals surface area contributed by atoms with E-state index in [1.54, 1.807) is 11.3 Å². The first kappa shape index (κ1) is 15.9. The summed E-state index contributed by atoms with van der Waals surface area (Å²) in [6.07, 6.45) is 3.40. The lowest BCUT2D eigenvalue weighted by molar-refractivity contribution is -0.126. The first-order valence-electron chi connectivity index (χ1n) is 8.29. The summed E-state index contributed by atoms with van der Waals surface area (Å²) in [6, 6.07) is 0.463. The summed E-state index contributed by atoms with van der Waals surface area (Å²) in [5.74, 6) is 0.205. The Morgan fingerprint density at radius 1 is 1.41 bits per heavy atom. The molecule has 1 saturated heterocycles. The Morgan fingerprint density at radius 2 is 2.14 bits per heavy atom. The Labute approximate surface area is 136 Å². The molecule has 2 heterocycles. The molecule has 1 aliphatic heterocycles. The molecule has 1 aromatic rings. The fourth-order valence-electron chi connectivity index (χ4n) is 2.92. The number of aromatic nitrogens is 1. The van der Waals surface area contributed by atoms with E-state index in [0.29, 0.717) is 6.04 Å². The number of rotatable bonds is 6. The van der Waals surface area contributed by atoms with Gasteiger partial charge in [0, 0.05) is 43.6 Å². The molecule has 2 fully saturated rings. The molecule has 0 spiro atoms. The summed E-state index contributed by atoms with van der Waals surface area (Å²) >= 11 is 1.76. The number of thiazole rings is 1. The van der Waals surface area contributed by atoms with Crippen LogP contribution in [0.2, 0.25) is 0 Å². The number of carbonyl (C=O) groups excluding carboxylic acids is 1. The van der Waals surface area contributed by atoms with Crippen LogP contribution in [0.15, 0.2) is 5.51 Å². The first-order valence-corrected chi connectivity index (χ1v) is 9.17. The van der Waals surface area contributed by atoms with E-state index in [1.165, 1.54) is 10.6 Å². The van der Waals surface area contributed by atoms with Crippen LogP contribution in [0.5, 0.6) is 0 Å². The maximum Gasteiger partial charge on any atom is 0.237 e. The highest BCUT2D eigenvalue weighted by Crippen LogP contribution is 2.19. The largest absolute Gasteiger partial charge is 0.352 e. The van der Waals surface area contributed by atoms with E-state index in [4.69, 9.17) is 0 Å². The molecule has 1 atom stereocenters. The maximum atomic E-state index is 12.1. The molecular formula is C16H26N4OS. The molecule has 22 heavy (non-hydrogen) atoms. The van der Waals surface area contributed by atoms with Gasteiger partial charge in [-0.1, -0.05) is 0 Å². The van der Waals surface area contributed by atoms with Gasteiger partial charge in [0.25, 0.3) is 0 Å². The lowest BCUT2D eigenvalue weighted by atomic mass is 10.2. The minimum Gasteiger partial charge on any atom is -0.352 e. The number of hydrogen-bond acceptors (Lipinski definition) is 5. The fourth-order valence-corrected chi connectivity index (χ4v) is 3.69. The van der Waals surface area contributed by atoms with Gasteiger partial charge in [0.1, 0.15) is 0 Å². The zero-order chi connectivity index (χ0) is 15.5. The minimum atomic E-state index is 0.00601. The highest BCUT2D eigenvalue weighted by Gasteiger charge is 2.29. The quantitative estimate of drug-likeness (QED) is 0.857. The second-order valence-corrected chi connectivity index (χ2v) is 7.39. The average molecular weight is 322 g/mol. The van der Waals surface area contributed by atoms with Gasteiger partial charge in [-0.2, -0.15) is 0 Å². The van der Waals surface area contributed by atoms with Crippen LogP contribution in [0, 0.1) is 6.92 Å². The molecule has 1 N–H and O–H groups in total. The van der Waals surface area contributed by atoms with Gasteiger partial charge in [0.05, 0.1) is 17.2 Å². The van der Waals surface area contributed by atoms with Crippen LogP contribution in [-0.4, -0.2) is 65.5 Å². The van der Waals surface area contributed by atoms with Gasteiger partial charge in [-0.25, -0.2) is 4.98 Å². The Morgan fingerprint density at radius 3 is 2.73 bits per heavy atom. The van der Waals surface area contributed by atoms with Crippen LogP contribution in [0.1, 0.15) is 30.3 Å². The van der Waals surface area contributed by atoms with Crippen molar-refractivity contribution < 1.29 is 4.79 Å². The molecule has 1 aromatic heterocycles. The van der Waals surface area contributed by atoms with Crippen LogP contribution in [0.3, 0.4) is 0 Å². The zero-order valence-corrected chi connectivity index (χ0v) is 14.4. The Balaban J connectivity index is 1.40. The smallest absolute Gasteiger partial charge is 0.237 e. The van der Waals surface area contributed by atoms with Crippen LogP contribution in [0.25, 0.3) is 0 Å². The Bertz CT molecular complexity index is 506. The van der Waals surface area contributed by atoms with Crippen molar-refractivity contribution in [3.05, 3.63) is 16.1 Å². The van der Waals surface area contributed by atoms with Crippen molar-refractivity contribution in [1.82, 2.24) is 20.1 Å². The van der Waals surface area contributed by atoms with Crippen LogP contribution in [0.4, 0.5) is 0 Å². The third-order valence-corrected chi connectivity index (χ3v) is 5.75. The second-order valence-electron chi connectivity index (χ2n) is 6.45. The first-order chi connectivity index (χ1) is 10.6. The van der Waals surface area contributed by atoms with Gasteiger partial charge in [0.2, 0.25) is 5.91 Å². The number of nitrogens with one attached hydrogen (secondary N) is 1. The van der Waals surface area contributed by atoms with Crippen LogP contribution in [-0.2, 0) is 11.2 Å². The maximum absolute atomic E-state index is 12.1. The number of aryl methyl sites for hydroxylation is 1. The summed E-state index contributed by atoms with van der Waals surface area (Å²) in [5, 5.41) is 3.11. The second kappa shape index (κ2) is 7.06. The van der Waals surface area contributed by atoms with Crippen molar-refractivity contribution in [1.29, 1.82) is 0 Å². The summed E-state index contributed by atoms with van der Waals surface area (Å²) in [6.45, 7) is 9.30. The van der Waals surface area contributed by atoms with Crippen molar-refractivity contribution >= 4 is 17.2 Å². The third kappa shape index (κ3) is 4.06. The highest BCUT2D eigenvalue weighted by atomic mass is 32.1. The number of hydrogen-bond donors (Lipinski definition) is 1. The molecule has 1 aliphatic carbocycles. The van der Waals surface area contributed by atoms with Crippen molar-refractivity contribution in [3.63, 3.8) is 0 Å². The van der Waals surface area contributed by atoms with Gasteiger partial charge in [-0.15, -0.1) is 11.3 Å². The van der Waals surface area contributed by atoms with E-state index in [-0.39, 0.29) is 11.9 Å². The topological polar surface area (TPSA) is 48.5 Å². The molecule has 1 saturated carbocycles. The predicted molar refractivity (Wildman–Crippen MR) is 89.2 cm³/mol. The van der Waals surface area contributed by atoms with E-state index in [9.17, 15) is 4.79 Å². The van der Waals surface area contributed by atoms with E-state index >= 15 is 0 Å². The molecule has 1 amide bonds. The van der Waals surface area contributed by atoms with Crippen molar-refractivity contribution in [2.75, 3.05) is 32.7 Å². The van der Waals surface area contributed by atoms with E-state index < -0.39 is 0 Å². The molecule has 3 rings (SSSR count). The Kier molecular flexibility index (Phi) is 5.10. The molecule has 0 radical (unpaired) electrons. The van der Waals surface area contributed by atoms with E-state index in [1.807, 2.05) is 12.4 Å². The standard InChI is InChI=1S/C16H26N4OS/c1-12-15(22-11-17-12)5-6-19-7-9-20(10-8-19)13(2)16(21)18-14-3-4-14/h11,13-14H,3-10H2,1-2H3,(H,18,21)/t13-/m1/s1. The van der Waals surface area contributed by atoms with E-state index in [2.05, 4.69) is 27.0 Å². The van der Waals surface area contributed by atoms with Crippen molar-refractivity contribution in [2.24, 2.45) is 0 Å². The van der Waals surface area contributed by atoms with Gasteiger partial charge >= 0.3 is 0 Å². The van der Waals surface area contributed by atoms with Gasteiger partial charge in [-0.3, -0.25) is 9.69 Å².